The minimum atomic E-state index is 0.558. The summed E-state index contributed by atoms with van der Waals surface area (Å²) in [6.45, 7) is 2.63. The predicted molar refractivity (Wildman–Crippen MR) is 61.2 cm³/mol. The maximum atomic E-state index is 5.66. The van der Waals surface area contributed by atoms with Crippen LogP contribution in [0.2, 0.25) is 0 Å². The monoisotopic (exact) mass is 218 g/mol. The molecule has 0 bridgehead atoms. The van der Waals surface area contributed by atoms with Crippen molar-refractivity contribution in [2.75, 3.05) is 24.5 Å². The number of fused-ring (bicyclic) bond motifs is 1. The number of rotatable bonds is 2. The standard InChI is InChI=1S/C11H14N4O/c12-6-8-3-5-15(7-8)11-14-10-9(16-11)2-1-4-13-10/h1-2,4,8H,3,5-7,12H2/t8-/m0/s1. The molecule has 0 radical (unpaired) electrons. The number of aromatic nitrogens is 2. The van der Waals surface area contributed by atoms with Crippen LogP contribution in [0.15, 0.2) is 22.7 Å². The first-order valence-electron chi connectivity index (χ1n) is 5.53. The summed E-state index contributed by atoms with van der Waals surface area (Å²) in [5.74, 6) is 0.558. The van der Waals surface area contributed by atoms with Gasteiger partial charge in [-0.1, -0.05) is 0 Å². The molecule has 3 rings (SSSR count). The molecule has 1 aliphatic rings. The molecular weight excluding hydrogens is 204 g/mol. The zero-order valence-corrected chi connectivity index (χ0v) is 8.97. The summed E-state index contributed by atoms with van der Waals surface area (Å²) in [6, 6.07) is 4.41. The minimum Gasteiger partial charge on any atom is -0.422 e. The fraction of sp³-hybridized carbons (Fsp3) is 0.455. The molecule has 3 heterocycles. The van der Waals surface area contributed by atoms with E-state index < -0.39 is 0 Å². The molecule has 0 spiro atoms. The smallest absolute Gasteiger partial charge is 0.299 e. The number of oxazole rings is 1. The Labute approximate surface area is 93.3 Å². The van der Waals surface area contributed by atoms with E-state index >= 15 is 0 Å². The van der Waals surface area contributed by atoms with Crippen LogP contribution in [0.25, 0.3) is 11.2 Å². The van der Waals surface area contributed by atoms with E-state index in [-0.39, 0.29) is 0 Å². The summed E-state index contributed by atoms with van der Waals surface area (Å²) in [5, 5.41) is 0. The second-order valence-corrected chi connectivity index (χ2v) is 4.16. The predicted octanol–water partition coefficient (Wildman–Crippen LogP) is 1.01. The molecular formula is C11H14N4O. The van der Waals surface area contributed by atoms with E-state index in [0.29, 0.717) is 17.6 Å². The summed E-state index contributed by atoms with van der Waals surface area (Å²) < 4.78 is 5.66. The summed E-state index contributed by atoms with van der Waals surface area (Å²) in [6.07, 6.45) is 2.84. The molecule has 84 valence electrons. The maximum absolute atomic E-state index is 5.66. The topological polar surface area (TPSA) is 68.2 Å². The lowest BCUT2D eigenvalue weighted by molar-refractivity contribution is 0.569. The van der Waals surface area contributed by atoms with Crippen LogP contribution in [-0.2, 0) is 0 Å². The number of nitrogens with zero attached hydrogens (tertiary/aromatic N) is 3. The van der Waals surface area contributed by atoms with Crippen molar-refractivity contribution in [1.82, 2.24) is 9.97 Å². The molecule has 0 unspecified atom stereocenters. The van der Waals surface area contributed by atoms with Crippen LogP contribution in [-0.4, -0.2) is 29.6 Å². The van der Waals surface area contributed by atoms with Crippen molar-refractivity contribution in [1.29, 1.82) is 0 Å². The summed E-state index contributed by atoms with van der Waals surface area (Å²) in [4.78, 5) is 10.7. The van der Waals surface area contributed by atoms with Crippen LogP contribution in [0.1, 0.15) is 6.42 Å². The van der Waals surface area contributed by atoms with Gasteiger partial charge in [0.15, 0.2) is 5.58 Å². The van der Waals surface area contributed by atoms with E-state index in [9.17, 15) is 0 Å². The van der Waals surface area contributed by atoms with Crippen molar-refractivity contribution in [3.8, 4) is 0 Å². The highest BCUT2D eigenvalue weighted by Crippen LogP contribution is 2.25. The molecule has 16 heavy (non-hydrogen) atoms. The van der Waals surface area contributed by atoms with Gasteiger partial charge in [0.1, 0.15) is 0 Å². The molecule has 2 aromatic rings. The third-order valence-electron chi connectivity index (χ3n) is 3.04. The molecule has 1 saturated heterocycles. The van der Waals surface area contributed by atoms with Crippen molar-refractivity contribution in [2.45, 2.75) is 6.42 Å². The van der Waals surface area contributed by atoms with E-state index in [1.54, 1.807) is 6.20 Å². The normalized spacial score (nSPS) is 20.8. The number of hydrogen-bond acceptors (Lipinski definition) is 5. The Bertz CT molecular complexity index is 462. The van der Waals surface area contributed by atoms with Gasteiger partial charge in [-0.05, 0) is 31.0 Å². The molecule has 2 N–H and O–H groups in total. The van der Waals surface area contributed by atoms with E-state index in [2.05, 4.69) is 14.9 Å². The second kappa shape index (κ2) is 3.75. The van der Waals surface area contributed by atoms with Gasteiger partial charge in [0.2, 0.25) is 5.65 Å². The van der Waals surface area contributed by atoms with Gasteiger partial charge < -0.3 is 15.1 Å². The Morgan fingerprint density at radius 2 is 2.50 bits per heavy atom. The van der Waals surface area contributed by atoms with Gasteiger partial charge in [-0.3, -0.25) is 0 Å². The lowest BCUT2D eigenvalue weighted by Crippen LogP contribution is -2.22. The molecule has 0 aromatic carbocycles. The van der Waals surface area contributed by atoms with Crippen molar-refractivity contribution in [2.24, 2.45) is 11.7 Å². The fourth-order valence-electron chi connectivity index (χ4n) is 2.09. The first-order chi connectivity index (χ1) is 7.86. The van der Waals surface area contributed by atoms with E-state index in [1.165, 1.54) is 0 Å². The number of hydrogen-bond donors (Lipinski definition) is 1. The average Bonchev–Trinajstić information content (AvgIpc) is 2.95. The van der Waals surface area contributed by atoms with Crippen LogP contribution in [0.5, 0.6) is 0 Å². The molecule has 0 saturated carbocycles. The second-order valence-electron chi connectivity index (χ2n) is 4.16. The molecule has 1 fully saturated rings. The van der Waals surface area contributed by atoms with Crippen molar-refractivity contribution in [3.63, 3.8) is 0 Å². The Balaban J connectivity index is 1.89. The first-order valence-corrected chi connectivity index (χ1v) is 5.53. The molecule has 1 atom stereocenters. The summed E-state index contributed by atoms with van der Waals surface area (Å²) >= 11 is 0. The molecule has 2 aromatic heterocycles. The lowest BCUT2D eigenvalue weighted by atomic mass is 10.1. The lowest BCUT2D eigenvalue weighted by Gasteiger charge is -2.12. The zero-order chi connectivity index (χ0) is 11.0. The van der Waals surface area contributed by atoms with E-state index in [1.807, 2.05) is 12.1 Å². The Morgan fingerprint density at radius 1 is 1.56 bits per heavy atom. The first kappa shape index (κ1) is 9.59. The highest BCUT2D eigenvalue weighted by molar-refractivity contribution is 5.69. The van der Waals surface area contributed by atoms with Crippen LogP contribution in [0, 0.1) is 5.92 Å². The van der Waals surface area contributed by atoms with Gasteiger partial charge in [0.25, 0.3) is 6.01 Å². The molecule has 0 aliphatic carbocycles. The van der Waals surface area contributed by atoms with E-state index in [0.717, 1.165) is 31.6 Å². The average molecular weight is 218 g/mol. The van der Waals surface area contributed by atoms with Gasteiger partial charge in [0, 0.05) is 19.3 Å². The van der Waals surface area contributed by atoms with Crippen molar-refractivity contribution in [3.05, 3.63) is 18.3 Å². The third kappa shape index (κ3) is 1.53. The number of pyridine rings is 1. The Hall–Kier alpha value is -1.62. The quantitative estimate of drug-likeness (QED) is 0.814. The highest BCUT2D eigenvalue weighted by atomic mass is 16.4. The minimum absolute atomic E-state index is 0.558. The molecule has 0 amide bonds. The summed E-state index contributed by atoms with van der Waals surface area (Å²) in [7, 11) is 0. The van der Waals surface area contributed by atoms with Gasteiger partial charge in [0.05, 0.1) is 0 Å². The van der Waals surface area contributed by atoms with Crippen molar-refractivity contribution >= 4 is 17.2 Å². The van der Waals surface area contributed by atoms with Gasteiger partial charge >= 0.3 is 0 Å². The SMILES string of the molecule is NC[C@@H]1CCN(c2nc3ncccc3o2)C1. The maximum Gasteiger partial charge on any atom is 0.299 e. The number of nitrogens with two attached hydrogens (primary N) is 1. The highest BCUT2D eigenvalue weighted by Gasteiger charge is 2.24. The Morgan fingerprint density at radius 3 is 3.25 bits per heavy atom. The van der Waals surface area contributed by atoms with Gasteiger partial charge in [-0.2, -0.15) is 4.98 Å². The Kier molecular flexibility index (Phi) is 2.25. The molecule has 5 heteroatoms. The largest absolute Gasteiger partial charge is 0.422 e. The van der Waals surface area contributed by atoms with Crippen LogP contribution >= 0.6 is 0 Å². The van der Waals surface area contributed by atoms with E-state index in [4.69, 9.17) is 10.2 Å². The summed E-state index contributed by atoms with van der Waals surface area (Å²) in [5.41, 5.74) is 7.08. The van der Waals surface area contributed by atoms with Crippen LogP contribution < -0.4 is 10.6 Å². The molecule has 5 nitrogen and oxygen atoms in total. The zero-order valence-electron chi connectivity index (χ0n) is 8.97. The van der Waals surface area contributed by atoms with Gasteiger partial charge in [-0.25, -0.2) is 4.98 Å². The van der Waals surface area contributed by atoms with Crippen LogP contribution in [0.4, 0.5) is 6.01 Å². The van der Waals surface area contributed by atoms with Crippen LogP contribution in [0.3, 0.4) is 0 Å². The van der Waals surface area contributed by atoms with Crippen molar-refractivity contribution < 1.29 is 4.42 Å². The third-order valence-corrected chi connectivity index (χ3v) is 3.04. The molecule has 1 aliphatic heterocycles. The number of anilines is 1. The van der Waals surface area contributed by atoms with Gasteiger partial charge in [-0.15, -0.1) is 0 Å². The fourth-order valence-corrected chi connectivity index (χ4v) is 2.09.